The molecule has 0 aliphatic heterocycles. The summed E-state index contributed by atoms with van der Waals surface area (Å²) in [7, 11) is 1.88. The molecule has 0 unspecified atom stereocenters. The summed E-state index contributed by atoms with van der Waals surface area (Å²) in [6.07, 6.45) is 2.92. The first kappa shape index (κ1) is 13.5. The number of Topliss-reactive ketones (excluding diaryl/α,β-unsaturated/α-hetero) is 1. The van der Waals surface area contributed by atoms with Crippen molar-refractivity contribution >= 4 is 16.7 Å². The predicted octanol–water partition coefficient (Wildman–Crippen LogP) is 2.96. The molecule has 0 spiro atoms. The molecule has 0 atom stereocenters. The molecule has 0 saturated heterocycles. The van der Waals surface area contributed by atoms with Gasteiger partial charge in [0.25, 0.3) is 0 Å². The number of hydrogen-bond acceptors (Lipinski definition) is 3. The normalized spacial score (nSPS) is 11.0. The maximum Gasteiger partial charge on any atom is 0.169 e. The number of aryl methyl sites for hydroxylation is 2. The van der Waals surface area contributed by atoms with Gasteiger partial charge >= 0.3 is 0 Å². The van der Waals surface area contributed by atoms with E-state index in [2.05, 4.69) is 17.0 Å². The van der Waals surface area contributed by atoms with Crippen LogP contribution in [-0.2, 0) is 19.9 Å². The van der Waals surface area contributed by atoms with E-state index in [4.69, 9.17) is 0 Å². The first-order valence-corrected chi connectivity index (χ1v) is 7.07. The third-order valence-corrected chi connectivity index (χ3v) is 3.68. The highest BCUT2D eigenvalue weighted by atomic mass is 16.1. The molecule has 21 heavy (non-hydrogen) atoms. The number of aromatic nitrogens is 3. The van der Waals surface area contributed by atoms with E-state index in [0.717, 1.165) is 34.3 Å². The van der Waals surface area contributed by atoms with Crippen LogP contribution in [0.25, 0.3) is 10.9 Å². The number of benzene rings is 1. The Kier molecular flexibility index (Phi) is 3.52. The van der Waals surface area contributed by atoms with Gasteiger partial charge in [-0.3, -0.25) is 14.5 Å². The van der Waals surface area contributed by atoms with Crippen molar-refractivity contribution in [2.24, 2.45) is 7.05 Å². The van der Waals surface area contributed by atoms with Crippen molar-refractivity contribution in [2.75, 3.05) is 0 Å². The minimum atomic E-state index is 0.0965. The largest absolute Gasteiger partial charge is 0.294 e. The fraction of sp³-hybridized carbons (Fsp3) is 0.235. The van der Waals surface area contributed by atoms with Gasteiger partial charge in [-0.05, 0) is 24.6 Å². The highest BCUT2D eigenvalue weighted by molar-refractivity contribution is 6.07. The average molecular weight is 279 g/mol. The SMILES string of the molecule is CCc1cc(CC(=O)c2ccnc3ccccc23)n(C)n1. The number of hydrogen-bond donors (Lipinski definition) is 0. The molecule has 0 radical (unpaired) electrons. The van der Waals surface area contributed by atoms with Gasteiger partial charge < -0.3 is 0 Å². The van der Waals surface area contributed by atoms with Crippen LogP contribution in [0, 0.1) is 0 Å². The van der Waals surface area contributed by atoms with Gasteiger partial charge in [0.15, 0.2) is 5.78 Å². The fourth-order valence-corrected chi connectivity index (χ4v) is 2.51. The van der Waals surface area contributed by atoms with Crippen molar-refractivity contribution in [1.29, 1.82) is 0 Å². The number of fused-ring (bicyclic) bond motifs is 1. The summed E-state index contributed by atoms with van der Waals surface area (Å²) < 4.78 is 1.79. The molecule has 4 nitrogen and oxygen atoms in total. The number of carbonyl (C=O) groups is 1. The Hall–Kier alpha value is -2.49. The molecular weight excluding hydrogens is 262 g/mol. The number of pyridine rings is 1. The Morgan fingerprint density at radius 3 is 2.81 bits per heavy atom. The van der Waals surface area contributed by atoms with Gasteiger partial charge in [-0.15, -0.1) is 0 Å². The Bertz CT molecular complexity index is 799. The fourth-order valence-electron chi connectivity index (χ4n) is 2.51. The summed E-state index contributed by atoms with van der Waals surface area (Å²) in [5, 5.41) is 5.30. The van der Waals surface area contributed by atoms with Crippen molar-refractivity contribution in [1.82, 2.24) is 14.8 Å². The minimum absolute atomic E-state index is 0.0965. The highest BCUT2D eigenvalue weighted by Crippen LogP contribution is 2.18. The van der Waals surface area contributed by atoms with E-state index in [0.29, 0.717) is 6.42 Å². The summed E-state index contributed by atoms with van der Waals surface area (Å²) in [4.78, 5) is 16.9. The molecule has 0 N–H and O–H groups in total. The van der Waals surface area contributed by atoms with Gasteiger partial charge in [0, 0.05) is 29.9 Å². The first-order valence-electron chi connectivity index (χ1n) is 7.07. The Balaban J connectivity index is 1.95. The van der Waals surface area contributed by atoms with E-state index < -0.39 is 0 Å². The van der Waals surface area contributed by atoms with Gasteiger partial charge in [0.05, 0.1) is 17.6 Å². The Labute approximate surface area is 123 Å². The quantitative estimate of drug-likeness (QED) is 0.690. The van der Waals surface area contributed by atoms with Crippen LogP contribution in [-0.4, -0.2) is 20.5 Å². The monoisotopic (exact) mass is 279 g/mol. The van der Waals surface area contributed by atoms with Crippen LogP contribution in [0.15, 0.2) is 42.6 Å². The summed E-state index contributed by atoms with van der Waals surface area (Å²) in [5.41, 5.74) is 3.53. The molecule has 3 aromatic rings. The second-order valence-electron chi connectivity index (χ2n) is 5.08. The second-order valence-corrected chi connectivity index (χ2v) is 5.08. The minimum Gasteiger partial charge on any atom is -0.294 e. The van der Waals surface area contributed by atoms with Crippen molar-refractivity contribution in [3.8, 4) is 0 Å². The molecule has 2 aromatic heterocycles. The third-order valence-electron chi connectivity index (χ3n) is 3.68. The molecule has 1 aromatic carbocycles. The molecule has 3 rings (SSSR count). The average Bonchev–Trinajstić information content (AvgIpc) is 2.87. The van der Waals surface area contributed by atoms with E-state index in [1.807, 2.05) is 37.4 Å². The lowest BCUT2D eigenvalue weighted by atomic mass is 10.0. The molecule has 0 saturated carbocycles. The standard InChI is InChI=1S/C17H17N3O/c1-3-12-10-13(20(2)19-12)11-17(21)15-8-9-18-16-7-5-4-6-14(15)16/h4-10H,3,11H2,1-2H3. The summed E-state index contributed by atoms with van der Waals surface area (Å²) in [6.45, 7) is 2.06. The van der Waals surface area contributed by atoms with E-state index >= 15 is 0 Å². The highest BCUT2D eigenvalue weighted by Gasteiger charge is 2.14. The molecule has 0 aliphatic rings. The molecule has 0 fully saturated rings. The summed E-state index contributed by atoms with van der Waals surface area (Å²) >= 11 is 0. The second kappa shape index (κ2) is 5.48. The van der Waals surface area contributed by atoms with Crippen LogP contribution in [0.2, 0.25) is 0 Å². The molecule has 0 amide bonds. The van der Waals surface area contributed by atoms with Crippen LogP contribution in [0.5, 0.6) is 0 Å². The molecular formula is C17H17N3O. The maximum absolute atomic E-state index is 12.6. The van der Waals surface area contributed by atoms with Crippen molar-refractivity contribution in [3.63, 3.8) is 0 Å². The number of ketones is 1. The predicted molar refractivity (Wildman–Crippen MR) is 82.4 cm³/mol. The van der Waals surface area contributed by atoms with Crippen molar-refractivity contribution < 1.29 is 4.79 Å². The maximum atomic E-state index is 12.6. The van der Waals surface area contributed by atoms with Crippen LogP contribution in [0.3, 0.4) is 0 Å². The van der Waals surface area contributed by atoms with Crippen LogP contribution in [0.4, 0.5) is 0 Å². The molecule has 4 heteroatoms. The summed E-state index contributed by atoms with van der Waals surface area (Å²) in [5.74, 6) is 0.0965. The first-order chi connectivity index (χ1) is 10.2. The summed E-state index contributed by atoms with van der Waals surface area (Å²) in [6, 6.07) is 11.5. The van der Waals surface area contributed by atoms with Crippen LogP contribution >= 0.6 is 0 Å². The van der Waals surface area contributed by atoms with Gasteiger partial charge in [-0.1, -0.05) is 25.1 Å². The zero-order valence-corrected chi connectivity index (χ0v) is 12.2. The molecule has 2 heterocycles. The lowest BCUT2D eigenvalue weighted by Gasteiger charge is -2.05. The number of para-hydroxylation sites is 1. The van der Waals surface area contributed by atoms with Crippen molar-refractivity contribution in [2.45, 2.75) is 19.8 Å². The Morgan fingerprint density at radius 1 is 1.24 bits per heavy atom. The van der Waals surface area contributed by atoms with Gasteiger partial charge in [-0.25, -0.2) is 0 Å². The lowest BCUT2D eigenvalue weighted by molar-refractivity contribution is 0.0992. The van der Waals surface area contributed by atoms with E-state index in [1.165, 1.54) is 0 Å². The zero-order chi connectivity index (χ0) is 14.8. The number of rotatable bonds is 4. The lowest BCUT2D eigenvalue weighted by Crippen LogP contribution is -2.08. The van der Waals surface area contributed by atoms with Gasteiger partial charge in [0.2, 0.25) is 0 Å². The molecule has 0 bridgehead atoms. The van der Waals surface area contributed by atoms with Gasteiger partial charge in [-0.2, -0.15) is 5.10 Å². The van der Waals surface area contributed by atoms with Crippen LogP contribution in [0.1, 0.15) is 28.7 Å². The van der Waals surface area contributed by atoms with E-state index in [1.54, 1.807) is 16.9 Å². The van der Waals surface area contributed by atoms with Crippen LogP contribution < -0.4 is 0 Å². The van der Waals surface area contributed by atoms with E-state index in [9.17, 15) is 4.79 Å². The third kappa shape index (κ3) is 2.57. The van der Waals surface area contributed by atoms with Crippen molar-refractivity contribution in [3.05, 3.63) is 59.5 Å². The van der Waals surface area contributed by atoms with E-state index in [-0.39, 0.29) is 5.78 Å². The molecule has 106 valence electrons. The Morgan fingerprint density at radius 2 is 2.05 bits per heavy atom. The topological polar surface area (TPSA) is 47.8 Å². The number of carbonyl (C=O) groups excluding carboxylic acids is 1. The molecule has 0 aliphatic carbocycles. The number of nitrogens with zero attached hydrogens (tertiary/aromatic N) is 3. The smallest absolute Gasteiger partial charge is 0.169 e. The zero-order valence-electron chi connectivity index (χ0n) is 12.2. The van der Waals surface area contributed by atoms with Gasteiger partial charge in [0.1, 0.15) is 0 Å².